The number of carbonyl (C=O) groups is 2. The molecule has 1 saturated carbocycles. The van der Waals surface area contributed by atoms with E-state index in [0.717, 1.165) is 0 Å². The van der Waals surface area contributed by atoms with E-state index in [1.165, 1.54) is 11.8 Å². The molecule has 3 N–H and O–H groups in total. The predicted octanol–water partition coefficient (Wildman–Crippen LogP) is 0.167. The fourth-order valence-corrected chi connectivity index (χ4v) is 1.58. The molecule has 0 unspecified atom stereocenters. The highest BCUT2D eigenvalue weighted by Crippen LogP contribution is 2.35. The average Bonchev–Trinajstić information content (AvgIpc) is 2.98. The third-order valence-electron chi connectivity index (χ3n) is 2.80. The Hall–Kier alpha value is -2.25. The number of aryl methyl sites for hydroxylation is 1. The molecule has 0 aromatic carbocycles. The highest BCUT2D eigenvalue weighted by Gasteiger charge is 2.51. The van der Waals surface area contributed by atoms with Gasteiger partial charge >= 0.3 is 12.0 Å². The number of carbonyl (C=O) groups excluding carboxylic acids is 1. The first-order valence-corrected chi connectivity index (χ1v) is 5.37. The van der Waals surface area contributed by atoms with Crippen LogP contribution < -0.4 is 15.4 Å². The van der Waals surface area contributed by atoms with Crippen LogP contribution in [0.2, 0.25) is 0 Å². The van der Waals surface area contributed by atoms with Gasteiger partial charge in [0.25, 0.3) is 0 Å². The van der Waals surface area contributed by atoms with Gasteiger partial charge < -0.3 is 15.2 Å². The number of anilines is 1. The maximum absolute atomic E-state index is 11.6. The topological polar surface area (TPSA) is 105 Å². The lowest BCUT2D eigenvalue weighted by molar-refractivity contribution is -0.140. The number of carboxylic acid groups (broad SMARTS) is 1. The Kier molecular flexibility index (Phi) is 2.85. The fraction of sp³-hybridized carbons (Fsp3) is 0.500. The number of aromatic nitrogens is 2. The van der Waals surface area contributed by atoms with Crippen molar-refractivity contribution in [3.8, 4) is 5.88 Å². The number of methoxy groups -OCH3 is 1. The summed E-state index contributed by atoms with van der Waals surface area (Å²) in [6, 6.07) is 0.954. The summed E-state index contributed by atoms with van der Waals surface area (Å²) in [6.07, 6.45) is 0.891. The van der Waals surface area contributed by atoms with Crippen molar-refractivity contribution < 1.29 is 19.4 Å². The lowest BCUT2D eigenvalue weighted by Crippen LogP contribution is -2.45. The average molecular weight is 254 g/mol. The quantitative estimate of drug-likeness (QED) is 0.710. The van der Waals surface area contributed by atoms with Crippen LogP contribution in [0.5, 0.6) is 5.88 Å². The van der Waals surface area contributed by atoms with Gasteiger partial charge in [0.2, 0.25) is 5.88 Å². The van der Waals surface area contributed by atoms with Crippen LogP contribution >= 0.6 is 0 Å². The van der Waals surface area contributed by atoms with Crippen molar-refractivity contribution in [1.82, 2.24) is 15.1 Å². The van der Waals surface area contributed by atoms with E-state index in [2.05, 4.69) is 15.7 Å². The zero-order valence-electron chi connectivity index (χ0n) is 10.1. The number of urea groups is 1. The number of aliphatic carboxylic acids is 1. The molecular formula is C10H14N4O4. The Morgan fingerprint density at radius 2 is 2.22 bits per heavy atom. The molecule has 0 spiro atoms. The van der Waals surface area contributed by atoms with E-state index in [0.29, 0.717) is 24.5 Å². The van der Waals surface area contributed by atoms with E-state index >= 15 is 0 Å². The maximum atomic E-state index is 11.6. The van der Waals surface area contributed by atoms with Crippen LogP contribution in [0.4, 0.5) is 10.6 Å². The lowest BCUT2D eigenvalue weighted by atomic mass is 10.3. The molecule has 2 amide bonds. The van der Waals surface area contributed by atoms with Crippen molar-refractivity contribution in [2.45, 2.75) is 18.4 Å². The number of hydrogen-bond acceptors (Lipinski definition) is 4. The first-order chi connectivity index (χ1) is 8.47. The molecule has 0 saturated heterocycles. The van der Waals surface area contributed by atoms with E-state index in [9.17, 15) is 9.59 Å². The second kappa shape index (κ2) is 4.21. The predicted molar refractivity (Wildman–Crippen MR) is 61.5 cm³/mol. The Morgan fingerprint density at radius 1 is 1.56 bits per heavy atom. The Morgan fingerprint density at radius 3 is 2.67 bits per heavy atom. The smallest absolute Gasteiger partial charge is 0.329 e. The zero-order chi connectivity index (χ0) is 13.3. The molecule has 0 aliphatic heterocycles. The van der Waals surface area contributed by atoms with Gasteiger partial charge in [-0.15, -0.1) is 0 Å². The second-order valence-corrected chi connectivity index (χ2v) is 4.16. The van der Waals surface area contributed by atoms with Crippen molar-refractivity contribution in [3.05, 3.63) is 6.07 Å². The van der Waals surface area contributed by atoms with Gasteiger partial charge in [-0.3, -0.25) is 5.32 Å². The SMILES string of the molecule is COc1cc(NC(=O)NC2(C(=O)O)CC2)nn1C. The summed E-state index contributed by atoms with van der Waals surface area (Å²) in [6.45, 7) is 0. The van der Waals surface area contributed by atoms with Gasteiger partial charge in [0.15, 0.2) is 5.82 Å². The van der Waals surface area contributed by atoms with E-state index in [-0.39, 0.29) is 0 Å². The third kappa shape index (κ3) is 2.22. The van der Waals surface area contributed by atoms with Crippen LogP contribution in [0.3, 0.4) is 0 Å². The Balaban J connectivity index is 1.97. The molecule has 8 nitrogen and oxygen atoms in total. The molecule has 2 rings (SSSR count). The van der Waals surface area contributed by atoms with Crippen molar-refractivity contribution in [3.63, 3.8) is 0 Å². The molecule has 0 bridgehead atoms. The van der Waals surface area contributed by atoms with Crippen LogP contribution in [-0.4, -0.2) is 39.5 Å². The summed E-state index contributed by atoms with van der Waals surface area (Å²) in [7, 11) is 3.16. The number of rotatable bonds is 4. The van der Waals surface area contributed by atoms with Crippen molar-refractivity contribution >= 4 is 17.8 Å². The molecule has 1 aromatic heterocycles. The molecule has 1 aliphatic carbocycles. The third-order valence-corrected chi connectivity index (χ3v) is 2.80. The standard InChI is InChI=1S/C10H14N4O4/c1-14-7(18-2)5-6(13-14)11-9(17)12-10(3-4-10)8(15)16/h5H,3-4H2,1-2H3,(H,15,16)(H2,11,12,13,17). The molecular weight excluding hydrogens is 240 g/mol. The molecule has 0 radical (unpaired) electrons. The number of ether oxygens (including phenoxy) is 1. The zero-order valence-corrected chi connectivity index (χ0v) is 10.1. The summed E-state index contributed by atoms with van der Waals surface area (Å²) in [5.74, 6) is -0.228. The number of nitrogens with one attached hydrogen (secondary N) is 2. The van der Waals surface area contributed by atoms with Crippen LogP contribution in [0.15, 0.2) is 6.07 Å². The van der Waals surface area contributed by atoms with E-state index in [4.69, 9.17) is 9.84 Å². The molecule has 98 valence electrons. The summed E-state index contributed by atoms with van der Waals surface area (Å²) in [5.41, 5.74) is -1.11. The molecule has 1 aromatic rings. The second-order valence-electron chi connectivity index (χ2n) is 4.16. The van der Waals surface area contributed by atoms with Gasteiger partial charge in [-0.25, -0.2) is 14.3 Å². The van der Waals surface area contributed by atoms with Gasteiger partial charge in [-0.1, -0.05) is 0 Å². The first kappa shape index (κ1) is 12.2. The Bertz CT molecular complexity index is 492. The first-order valence-electron chi connectivity index (χ1n) is 5.37. The fourth-order valence-electron chi connectivity index (χ4n) is 1.58. The summed E-state index contributed by atoms with van der Waals surface area (Å²) < 4.78 is 6.45. The van der Waals surface area contributed by atoms with Crippen molar-refractivity contribution in [2.75, 3.05) is 12.4 Å². The highest BCUT2D eigenvalue weighted by atomic mass is 16.5. The largest absolute Gasteiger partial charge is 0.481 e. The van der Waals surface area contributed by atoms with Crippen LogP contribution in [0.1, 0.15) is 12.8 Å². The summed E-state index contributed by atoms with van der Waals surface area (Å²) >= 11 is 0. The van der Waals surface area contributed by atoms with Gasteiger partial charge in [0, 0.05) is 13.1 Å². The molecule has 8 heteroatoms. The van der Waals surface area contributed by atoms with Gasteiger partial charge in [0.05, 0.1) is 7.11 Å². The minimum atomic E-state index is -1.11. The summed E-state index contributed by atoms with van der Waals surface area (Å²) in [5, 5.41) is 17.8. The van der Waals surface area contributed by atoms with E-state index in [1.807, 2.05) is 0 Å². The Labute approximate surface area is 103 Å². The molecule has 18 heavy (non-hydrogen) atoms. The molecule has 1 fully saturated rings. The van der Waals surface area contributed by atoms with Crippen molar-refractivity contribution in [2.24, 2.45) is 7.05 Å². The van der Waals surface area contributed by atoms with E-state index < -0.39 is 17.5 Å². The number of carboxylic acids is 1. The highest BCUT2D eigenvalue weighted by molar-refractivity contribution is 5.94. The number of amides is 2. The number of hydrogen-bond donors (Lipinski definition) is 3. The van der Waals surface area contributed by atoms with Crippen LogP contribution in [0, 0.1) is 0 Å². The molecule has 0 atom stereocenters. The minimum absolute atomic E-state index is 0.299. The van der Waals surface area contributed by atoms with Crippen molar-refractivity contribution in [1.29, 1.82) is 0 Å². The van der Waals surface area contributed by atoms with Crippen LogP contribution in [-0.2, 0) is 11.8 Å². The maximum Gasteiger partial charge on any atom is 0.329 e. The lowest BCUT2D eigenvalue weighted by Gasteiger charge is -2.11. The van der Waals surface area contributed by atoms with Gasteiger partial charge in [0.1, 0.15) is 5.54 Å². The summed E-state index contributed by atoms with van der Waals surface area (Å²) in [4.78, 5) is 22.5. The number of nitrogens with zero attached hydrogens (tertiary/aromatic N) is 2. The van der Waals surface area contributed by atoms with Gasteiger partial charge in [-0.05, 0) is 12.8 Å². The van der Waals surface area contributed by atoms with Gasteiger partial charge in [-0.2, -0.15) is 5.10 Å². The van der Waals surface area contributed by atoms with Crippen LogP contribution in [0.25, 0.3) is 0 Å². The molecule has 1 heterocycles. The minimum Gasteiger partial charge on any atom is -0.481 e. The monoisotopic (exact) mass is 254 g/mol. The molecule has 1 aliphatic rings. The van der Waals surface area contributed by atoms with E-state index in [1.54, 1.807) is 13.1 Å². The normalized spacial score (nSPS) is 15.9.